The molecular formula is C23H24N4O2S. The number of anilines is 1. The van der Waals surface area contributed by atoms with Gasteiger partial charge in [-0.25, -0.2) is 4.98 Å². The van der Waals surface area contributed by atoms with Gasteiger partial charge in [-0.3, -0.25) is 14.5 Å². The van der Waals surface area contributed by atoms with Crippen LogP contribution in [0.25, 0.3) is 10.6 Å². The highest BCUT2D eigenvalue weighted by Gasteiger charge is 2.28. The average Bonchev–Trinajstić information content (AvgIpc) is 3.35. The standard InChI is InChI=1S/C23H24N4O2S/c1-15-20(30-23(25-15)17-8-3-2-4-9-17)22(29)26-18-10-5-7-16(13-18)14-27-12-6-11-19(27)21(24)28/h2-5,7-10,13,19H,6,11-12,14H2,1H3,(H2,24,28)(H,26,29). The van der Waals surface area contributed by atoms with Crippen molar-refractivity contribution in [1.82, 2.24) is 9.88 Å². The lowest BCUT2D eigenvalue weighted by atomic mass is 10.1. The van der Waals surface area contributed by atoms with Crippen LogP contribution in [0.3, 0.4) is 0 Å². The second-order valence-electron chi connectivity index (χ2n) is 7.48. The van der Waals surface area contributed by atoms with Gasteiger partial charge in [0.2, 0.25) is 5.91 Å². The van der Waals surface area contributed by atoms with E-state index in [1.165, 1.54) is 11.3 Å². The number of benzene rings is 2. The summed E-state index contributed by atoms with van der Waals surface area (Å²) in [7, 11) is 0. The smallest absolute Gasteiger partial charge is 0.267 e. The van der Waals surface area contributed by atoms with Gasteiger partial charge in [0.05, 0.1) is 11.7 Å². The second kappa shape index (κ2) is 8.77. The first-order valence-corrected chi connectivity index (χ1v) is 10.8. The van der Waals surface area contributed by atoms with Crippen LogP contribution >= 0.6 is 11.3 Å². The van der Waals surface area contributed by atoms with E-state index in [9.17, 15) is 9.59 Å². The van der Waals surface area contributed by atoms with Gasteiger partial charge in [-0.05, 0) is 44.0 Å². The monoisotopic (exact) mass is 420 g/mol. The summed E-state index contributed by atoms with van der Waals surface area (Å²) in [5.41, 5.74) is 8.99. The molecular weight excluding hydrogens is 396 g/mol. The van der Waals surface area contributed by atoms with Crippen LogP contribution in [0.1, 0.15) is 33.8 Å². The van der Waals surface area contributed by atoms with E-state index in [1.807, 2.05) is 61.5 Å². The first-order chi connectivity index (χ1) is 14.5. The summed E-state index contributed by atoms with van der Waals surface area (Å²) >= 11 is 1.39. The van der Waals surface area contributed by atoms with E-state index in [-0.39, 0.29) is 17.9 Å². The van der Waals surface area contributed by atoms with E-state index in [2.05, 4.69) is 15.2 Å². The molecule has 1 atom stereocenters. The first-order valence-electron chi connectivity index (χ1n) is 9.98. The molecule has 0 aliphatic carbocycles. The lowest BCUT2D eigenvalue weighted by Gasteiger charge is -2.22. The normalized spacial score (nSPS) is 16.5. The van der Waals surface area contributed by atoms with Gasteiger partial charge in [0.25, 0.3) is 5.91 Å². The number of hydrogen-bond acceptors (Lipinski definition) is 5. The Morgan fingerprint density at radius 2 is 2.00 bits per heavy atom. The van der Waals surface area contributed by atoms with Gasteiger partial charge in [0.15, 0.2) is 0 Å². The number of amides is 2. The largest absolute Gasteiger partial charge is 0.368 e. The Morgan fingerprint density at radius 3 is 2.77 bits per heavy atom. The van der Waals surface area contributed by atoms with Crippen molar-refractivity contribution in [2.75, 3.05) is 11.9 Å². The van der Waals surface area contributed by atoms with Crippen LogP contribution in [0, 0.1) is 6.92 Å². The molecule has 6 nitrogen and oxygen atoms in total. The van der Waals surface area contributed by atoms with E-state index in [0.29, 0.717) is 17.1 Å². The summed E-state index contributed by atoms with van der Waals surface area (Å²) in [4.78, 5) is 31.8. The Labute approximate surface area is 179 Å². The number of primary amides is 1. The number of likely N-dealkylation sites (tertiary alicyclic amines) is 1. The fourth-order valence-electron chi connectivity index (χ4n) is 3.82. The van der Waals surface area contributed by atoms with Crippen molar-refractivity contribution in [1.29, 1.82) is 0 Å². The van der Waals surface area contributed by atoms with Gasteiger partial charge in [-0.2, -0.15) is 0 Å². The van der Waals surface area contributed by atoms with Crippen LogP contribution in [-0.4, -0.2) is 34.3 Å². The number of nitrogens with one attached hydrogen (secondary N) is 1. The molecule has 1 fully saturated rings. The molecule has 0 saturated carbocycles. The summed E-state index contributed by atoms with van der Waals surface area (Å²) in [5, 5.41) is 3.82. The third kappa shape index (κ3) is 4.42. The zero-order valence-corrected chi connectivity index (χ0v) is 17.6. The molecule has 154 valence electrons. The van der Waals surface area contributed by atoms with Gasteiger partial charge >= 0.3 is 0 Å². The van der Waals surface area contributed by atoms with Crippen LogP contribution in [0.5, 0.6) is 0 Å². The number of hydrogen-bond donors (Lipinski definition) is 2. The van der Waals surface area contributed by atoms with E-state index in [0.717, 1.165) is 41.2 Å². The Bertz CT molecular complexity index is 1060. The summed E-state index contributed by atoms with van der Waals surface area (Å²) < 4.78 is 0. The lowest BCUT2D eigenvalue weighted by Crippen LogP contribution is -2.39. The molecule has 0 spiro atoms. The van der Waals surface area contributed by atoms with Crippen LogP contribution in [0.15, 0.2) is 54.6 Å². The van der Waals surface area contributed by atoms with E-state index in [1.54, 1.807) is 0 Å². The van der Waals surface area contributed by atoms with Crippen molar-refractivity contribution in [3.63, 3.8) is 0 Å². The van der Waals surface area contributed by atoms with Crippen molar-refractivity contribution in [3.05, 3.63) is 70.7 Å². The summed E-state index contributed by atoms with van der Waals surface area (Å²) in [5.74, 6) is -0.438. The maximum absolute atomic E-state index is 12.9. The van der Waals surface area contributed by atoms with Gasteiger partial charge in [0.1, 0.15) is 9.88 Å². The van der Waals surface area contributed by atoms with Crippen LogP contribution in [-0.2, 0) is 11.3 Å². The summed E-state index contributed by atoms with van der Waals surface area (Å²) in [6.45, 7) is 3.34. The predicted octanol–water partition coefficient (Wildman–Crippen LogP) is 3.82. The van der Waals surface area contributed by atoms with Gasteiger partial charge < -0.3 is 11.1 Å². The lowest BCUT2D eigenvalue weighted by molar-refractivity contribution is -0.122. The average molecular weight is 421 g/mol. The molecule has 0 radical (unpaired) electrons. The van der Waals surface area contributed by atoms with Gasteiger partial charge in [0, 0.05) is 17.8 Å². The molecule has 1 unspecified atom stereocenters. The number of thiazole rings is 1. The molecule has 2 amide bonds. The number of aromatic nitrogens is 1. The minimum Gasteiger partial charge on any atom is -0.368 e. The Hall–Kier alpha value is -3.03. The van der Waals surface area contributed by atoms with Crippen LogP contribution in [0.2, 0.25) is 0 Å². The van der Waals surface area contributed by atoms with Crippen molar-refractivity contribution in [2.45, 2.75) is 32.4 Å². The molecule has 0 bridgehead atoms. The Balaban J connectivity index is 1.47. The fraction of sp³-hybridized carbons (Fsp3) is 0.261. The number of nitrogens with zero attached hydrogens (tertiary/aromatic N) is 2. The SMILES string of the molecule is Cc1nc(-c2ccccc2)sc1C(=O)Nc1cccc(CN2CCCC2C(N)=O)c1. The summed E-state index contributed by atoms with van der Waals surface area (Å²) in [6.07, 6.45) is 1.78. The fourth-order valence-corrected chi connectivity index (χ4v) is 4.79. The quantitative estimate of drug-likeness (QED) is 0.634. The van der Waals surface area contributed by atoms with Crippen molar-refractivity contribution in [3.8, 4) is 10.6 Å². The van der Waals surface area contributed by atoms with Crippen LogP contribution < -0.4 is 11.1 Å². The summed E-state index contributed by atoms with van der Waals surface area (Å²) in [6, 6.07) is 17.4. The maximum atomic E-state index is 12.9. The molecule has 3 N–H and O–H groups in total. The third-order valence-electron chi connectivity index (χ3n) is 5.29. The zero-order valence-electron chi connectivity index (χ0n) is 16.8. The van der Waals surface area contributed by atoms with Crippen molar-refractivity contribution in [2.24, 2.45) is 5.73 Å². The van der Waals surface area contributed by atoms with Crippen LogP contribution in [0.4, 0.5) is 5.69 Å². The second-order valence-corrected chi connectivity index (χ2v) is 8.48. The highest BCUT2D eigenvalue weighted by Crippen LogP contribution is 2.28. The third-order valence-corrected chi connectivity index (χ3v) is 6.49. The predicted molar refractivity (Wildman–Crippen MR) is 119 cm³/mol. The highest BCUT2D eigenvalue weighted by atomic mass is 32.1. The first kappa shape index (κ1) is 20.3. The molecule has 7 heteroatoms. The highest BCUT2D eigenvalue weighted by molar-refractivity contribution is 7.17. The minimum atomic E-state index is -0.271. The maximum Gasteiger partial charge on any atom is 0.267 e. The Morgan fingerprint density at radius 1 is 1.20 bits per heavy atom. The Kier molecular flexibility index (Phi) is 5.92. The van der Waals surface area contributed by atoms with Gasteiger partial charge in [-0.15, -0.1) is 11.3 Å². The molecule has 1 aromatic heterocycles. The molecule has 30 heavy (non-hydrogen) atoms. The number of nitrogens with two attached hydrogens (primary N) is 1. The van der Waals surface area contributed by atoms with Crippen molar-refractivity contribution >= 4 is 28.8 Å². The number of carbonyl (C=O) groups is 2. The number of aryl methyl sites for hydroxylation is 1. The molecule has 1 aliphatic rings. The molecule has 2 heterocycles. The van der Waals surface area contributed by atoms with Gasteiger partial charge in [-0.1, -0.05) is 42.5 Å². The topological polar surface area (TPSA) is 88.3 Å². The molecule has 2 aromatic carbocycles. The van der Waals surface area contributed by atoms with Crippen molar-refractivity contribution < 1.29 is 9.59 Å². The minimum absolute atomic E-state index is 0.166. The molecule has 1 saturated heterocycles. The number of rotatable bonds is 6. The van der Waals surface area contributed by atoms with E-state index in [4.69, 9.17) is 5.73 Å². The molecule has 4 rings (SSSR count). The number of carbonyl (C=O) groups excluding carboxylic acids is 2. The molecule has 3 aromatic rings. The van der Waals surface area contributed by atoms with E-state index >= 15 is 0 Å². The van der Waals surface area contributed by atoms with E-state index < -0.39 is 0 Å². The molecule has 1 aliphatic heterocycles. The zero-order chi connectivity index (χ0) is 21.1.